The molecule has 0 radical (unpaired) electrons. The fraction of sp³-hybridized carbons (Fsp3) is 0.440. The topological polar surface area (TPSA) is 58.6 Å². The van der Waals surface area contributed by atoms with Crippen molar-refractivity contribution in [1.29, 1.82) is 0 Å². The molecule has 2 amide bonds. The van der Waals surface area contributed by atoms with E-state index in [-0.39, 0.29) is 24.5 Å². The molecule has 0 heterocycles. The van der Waals surface area contributed by atoms with Crippen molar-refractivity contribution in [3.05, 3.63) is 64.7 Å². The van der Waals surface area contributed by atoms with E-state index >= 15 is 0 Å². The maximum Gasteiger partial charge on any atom is 0.261 e. The van der Waals surface area contributed by atoms with Gasteiger partial charge in [0.25, 0.3) is 5.91 Å². The predicted octanol–water partition coefficient (Wildman–Crippen LogP) is 4.89. The summed E-state index contributed by atoms with van der Waals surface area (Å²) in [5, 5.41) is 3.77. The van der Waals surface area contributed by atoms with Crippen molar-refractivity contribution >= 4 is 23.4 Å². The lowest BCUT2D eigenvalue weighted by atomic mass is 9.95. The standard InChI is InChI=1S/C25H31ClN2O3/c1-18-7-6-10-23(15-18)31-17-24(29)28(16-20-11-13-21(26)14-12-20)19(2)25(30)27-22-8-4-3-5-9-22/h6-7,10-15,19,22H,3-5,8-9,16-17H2,1-2H3,(H,27,30)/t19-/m1/s1. The molecule has 2 aromatic rings. The first kappa shape index (κ1) is 23.1. The van der Waals surface area contributed by atoms with Crippen LogP contribution in [0.1, 0.15) is 50.2 Å². The number of hydrogen-bond donors (Lipinski definition) is 1. The third-order valence-corrected chi connectivity index (χ3v) is 5.99. The van der Waals surface area contributed by atoms with Crippen LogP contribution in [0, 0.1) is 6.92 Å². The predicted molar refractivity (Wildman–Crippen MR) is 123 cm³/mol. The molecule has 1 fully saturated rings. The Hall–Kier alpha value is -2.53. The molecule has 1 saturated carbocycles. The number of amides is 2. The molecule has 1 aliphatic rings. The maximum absolute atomic E-state index is 13.1. The summed E-state index contributed by atoms with van der Waals surface area (Å²) in [6.07, 6.45) is 5.49. The second-order valence-electron chi connectivity index (χ2n) is 8.27. The minimum Gasteiger partial charge on any atom is -0.484 e. The fourth-order valence-electron chi connectivity index (χ4n) is 3.87. The van der Waals surface area contributed by atoms with Crippen LogP contribution in [0.25, 0.3) is 0 Å². The molecule has 1 aliphatic carbocycles. The van der Waals surface area contributed by atoms with Crippen LogP contribution in [0.15, 0.2) is 48.5 Å². The Morgan fingerprint density at radius 2 is 1.84 bits per heavy atom. The van der Waals surface area contributed by atoms with E-state index in [0.717, 1.165) is 36.8 Å². The molecule has 1 N–H and O–H groups in total. The van der Waals surface area contributed by atoms with E-state index < -0.39 is 6.04 Å². The summed E-state index contributed by atoms with van der Waals surface area (Å²) in [5.74, 6) is 0.284. The summed E-state index contributed by atoms with van der Waals surface area (Å²) in [5.41, 5.74) is 1.97. The Kier molecular flexibility index (Phi) is 8.35. The van der Waals surface area contributed by atoms with Crippen molar-refractivity contribution < 1.29 is 14.3 Å². The van der Waals surface area contributed by atoms with Crippen LogP contribution < -0.4 is 10.1 Å². The lowest BCUT2D eigenvalue weighted by Gasteiger charge is -2.31. The van der Waals surface area contributed by atoms with Crippen molar-refractivity contribution in [2.24, 2.45) is 0 Å². The highest BCUT2D eigenvalue weighted by atomic mass is 35.5. The monoisotopic (exact) mass is 442 g/mol. The zero-order chi connectivity index (χ0) is 22.2. The SMILES string of the molecule is Cc1cccc(OCC(=O)N(Cc2ccc(Cl)cc2)[C@H](C)C(=O)NC2CCCCC2)c1. The van der Waals surface area contributed by atoms with Gasteiger partial charge < -0.3 is 15.0 Å². The van der Waals surface area contributed by atoms with Crippen LogP contribution in [-0.4, -0.2) is 35.4 Å². The van der Waals surface area contributed by atoms with E-state index in [2.05, 4.69) is 5.32 Å². The number of carbonyl (C=O) groups is 2. The van der Waals surface area contributed by atoms with Gasteiger partial charge in [0.15, 0.2) is 6.61 Å². The normalized spacial score (nSPS) is 15.2. The van der Waals surface area contributed by atoms with Crippen molar-refractivity contribution in [3.8, 4) is 5.75 Å². The van der Waals surface area contributed by atoms with E-state index in [4.69, 9.17) is 16.3 Å². The molecule has 0 aromatic heterocycles. The van der Waals surface area contributed by atoms with Gasteiger partial charge in [0.1, 0.15) is 11.8 Å². The number of halogens is 1. The van der Waals surface area contributed by atoms with Gasteiger partial charge in [0, 0.05) is 17.6 Å². The Labute approximate surface area is 189 Å². The van der Waals surface area contributed by atoms with Gasteiger partial charge in [-0.05, 0) is 62.1 Å². The molecular weight excluding hydrogens is 412 g/mol. The molecule has 5 nitrogen and oxygen atoms in total. The first-order valence-electron chi connectivity index (χ1n) is 11.0. The molecule has 166 valence electrons. The number of rotatable bonds is 8. The molecule has 0 unspecified atom stereocenters. The van der Waals surface area contributed by atoms with Crippen LogP contribution in [0.5, 0.6) is 5.75 Å². The average molecular weight is 443 g/mol. The Morgan fingerprint density at radius 1 is 1.13 bits per heavy atom. The molecule has 3 rings (SSSR count). The lowest BCUT2D eigenvalue weighted by molar-refractivity contribution is -0.142. The molecule has 1 atom stereocenters. The van der Waals surface area contributed by atoms with Gasteiger partial charge in [-0.15, -0.1) is 0 Å². The van der Waals surface area contributed by atoms with E-state index in [1.165, 1.54) is 6.42 Å². The van der Waals surface area contributed by atoms with Crippen LogP contribution >= 0.6 is 11.6 Å². The van der Waals surface area contributed by atoms with Gasteiger partial charge in [0.05, 0.1) is 0 Å². The number of ether oxygens (including phenoxy) is 1. The van der Waals surface area contributed by atoms with Crippen molar-refractivity contribution in [2.75, 3.05) is 6.61 Å². The quantitative estimate of drug-likeness (QED) is 0.633. The highest BCUT2D eigenvalue weighted by Gasteiger charge is 2.28. The summed E-state index contributed by atoms with van der Waals surface area (Å²) in [6, 6.07) is 14.5. The Bertz CT molecular complexity index is 879. The highest BCUT2D eigenvalue weighted by Crippen LogP contribution is 2.19. The molecular formula is C25H31ClN2O3. The van der Waals surface area contributed by atoms with Gasteiger partial charge in [0.2, 0.25) is 5.91 Å². The molecule has 31 heavy (non-hydrogen) atoms. The summed E-state index contributed by atoms with van der Waals surface area (Å²) in [7, 11) is 0. The highest BCUT2D eigenvalue weighted by molar-refractivity contribution is 6.30. The lowest BCUT2D eigenvalue weighted by Crippen LogP contribution is -2.51. The zero-order valence-corrected chi connectivity index (χ0v) is 19.0. The van der Waals surface area contributed by atoms with Crippen LogP contribution in [-0.2, 0) is 16.1 Å². The van der Waals surface area contributed by atoms with Crippen molar-refractivity contribution in [2.45, 2.75) is 64.6 Å². The van der Waals surface area contributed by atoms with Gasteiger partial charge in [-0.1, -0.05) is 55.1 Å². The number of aryl methyl sites for hydroxylation is 1. The Balaban J connectivity index is 1.70. The minimum atomic E-state index is -0.605. The number of nitrogens with zero attached hydrogens (tertiary/aromatic N) is 1. The van der Waals surface area contributed by atoms with E-state index in [0.29, 0.717) is 17.3 Å². The van der Waals surface area contributed by atoms with Gasteiger partial charge in [-0.3, -0.25) is 9.59 Å². The van der Waals surface area contributed by atoms with Crippen LogP contribution in [0.2, 0.25) is 5.02 Å². The third-order valence-electron chi connectivity index (χ3n) is 5.74. The molecule has 6 heteroatoms. The van der Waals surface area contributed by atoms with E-state index in [1.807, 2.05) is 43.3 Å². The molecule has 0 bridgehead atoms. The van der Waals surface area contributed by atoms with Gasteiger partial charge in [-0.25, -0.2) is 0 Å². The average Bonchev–Trinajstić information content (AvgIpc) is 2.77. The van der Waals surface area contributed by atoms with E-state index in [1.54, 1.807) is 24.0 Å². The summed E-state index contributed by atoms with van der Waals surface area (Å²) >= 11 is 6.00. The van der Waals surface area contributed by atoms with E-state index in [9.17, 15) is 9.59 Å². The number of hydrogen-bond acceptors (Lipinski definition) is 3. The van der Waals surface area contributed by atoms with Crippen LogP contribution in [0.4, 0.5) is 0 Å². The first-order valence-corrected chi connectivity index (χ1v) is 11.3. The summed E-state index contributed by atoms with van der Waals surface area (Å²) in [6.45, 7) is 3.93. The third kappa shape index (κ3) is 7.00. The number of benzene rings is 2. The van der Waals surface area contributed by atoms with Crippen molar-refractivity contribution in [1.82, 2.24) is 10.2 Å². The first-order chi connectivity index (χ1) is 14.9. The molecule has 0 spiro atoms. The smallest absolute Gasteiger partial charge is 0.261 e. The molecule has 2 aromatic carbocycles. The minimum absolute atomic E-state index is 0.121. The number of carbonyl (C=O) groups excluding carboxylic acids is 2. The molecule has 0 aliphatic heterocycles. The summed E-state index contributed by atoms with van der Waals surface area (Å²) < 4.78 is 5.72. The molecule has 0 saturated heterocycles. The zero-order valence-electron chi connectivity index (χ0n) is 18.3. The Morgan fingerprint density at radius 3 is 2.52 bits per heavy atom. The van der Waals surface area contributed by atoms with Crippen molar-refractivity contribution in [3.63, 3.8) is 0 Å². The largest absolute Gasteiger partial charge is 0.484 e. The van der Waals surface area contributed by atoms with Gasteiger partial charge in [-0.2, -0.15) is 0 Å². The second-order valence-corrected chi connectivity index (χ2v) is 8.71. The fourth-order valence-corrected chi connectivity index (χ4v) is 4.00. The second kappa shape index (κ2) is 11.2. The van der Waals surface area contributed by atoms with Crippen LogP contribution in [0.3, 0.4) is 0 Å². The van der Waals surface area contributed by atoms with Gasteiger partial charge >= 0.3 is 0 Å². The number of nitrogens with one attached hydrogen (secondary N) is 1. The summed E-state index contributed by atoms with van der Waals surface area (Å²) in [4.78, 5) is 27.6. The maximum atomic E-state index is 13.1.